The molecule has 1 unspecified atom stereocenters. The monoisotopic (exact) mass is 195 g/mol. The van der Waals surface area contributed by atoms with E-state index in [4.69, 9.17) is 0 Å². The molecule has 0 saturated heterocycles. The molecule has 0 aliphatic heterocycles. The van der Waals surface area contributed by atoms with Gasteiger partial charge in [-0.3, -0.25) is 4.68 Å². The van der Waals surface area contributed by atoms with Gasteiger partial charge >= 0.3 is 0 Å². The van der Waals surface area contributed by atoms with E-state index in [1.807, 2.05) is 0 Å². The summed E-state index contributed by atoms with van der Waals surface area (Å²) in [7, 11) is 0. The third-order valence-corrected chi connectivity index (χ3v) is 2.79. The van der Waals surface area contributed by atoms with Crippen LogP contribution >= 0.6 is 0 Å². The molecule has 0 aliphatic carbocycles. The smallest absolute Gasteiger partial charge is 0.0625 e. The van der Waals surface area contributed by atoms with Crippen LogP contribution in [0.5, 0.6) is 0 Å². The predicted octanol–water partition coefficient (Wildman–Crippen LogP) is 1.98. The average molecular weight is 195 g/mol. The molecule has 1 N–H and O–H groups in total. The Labute approximate surface area is 86.5 Å². The topological polar surface area (TPSA) is 29.9 Å². The van der Waals surface area contributed by atoms with Gasteiger partial charge in [0.25, 0.3) is 0 Å². The molecule has 1 aromatic heterocycles. The van der Waals surface area contributed by atoms with Gasteiger partial charge in [-0.2, -0.15) is 5.10 Å². The molecule has 0 amide bonds. The lowest BCUT2D eigenvalue weighted by atomic mass is 10.2. The summed E-state index contributed by atoms with van der Waals surface area (Å²) in [5.74, 6) is 0. The second kappa shape index (κ2) is 4.60. The van der Waals surface area contributed by atoms with Gasteiger partial charge in [0, 0.05) is 12.2 Å². The van der Waals surface area contributed by atoms with Crippen molar-refractivity contribution in [3.05, 3.63) is 17.0 Å². The summed E-state index contributed by atoms with van der Waals surface area (Å²) in [6.07, 6.45) is 0. The molecule has 3 nitrogen and oxygen atoms in total. The highest BCUT2D eigenvalue weighted by Gasteiger charge is 2.11. The van der Waals surface area contributed by atoms with Crippen LogP contribution in [0, 0.1) is 20.8 Å². The van der Waals surface area contributed by atoms with Crippen molar-refractivity contribution >= 4 is 0 Å². The summed E-state index contributed by atoms with van der Waals surface area (Å²) in [6, 6.07) is 0.433. The standard InChI is InChI=1S/C11H21N3/c1-6-12-7-8(2)14-11(5)9(3)10(4)13-14/h8,12H,6-7H2,1-5H3. The molecular formula is C11H21N3. The zero-order valence-electron chi connectivity index (χ0n) is 9.89. The van der Waals surface area contributed by atoms with Crippen molar-refractivity contribution in [3.63, 3.8) is 0 Å². The Balaban J connectivity index is 2.79. The minimum atomic E-state index is 0.433. The summed E-state index contributed by atoms with van der Waals surface area (Å²) in [5, 5.41) is 7.88. The van der Waals surface area contributed by atoms with E-state index in [0.29, 0.717) is 6.04 Å². The summed E-state index contributed by atoms with van der Waals surface area (Å²) in [6.45, 7) is 12.7. The van der Waals surface area contributed by atoms with Crippen molar-refractivity contribution in [2.24, 2.45) is 0 Å². The van der Waals surface area contributed by atoms with Crippen molar-refractivity contribution < 1.29 is 0 Å². The molecule has 3 heteroatoms. The van der Waals surface area contributed by atoms with E-state index in [0.717, 1.165) is 18.8 Å². The van der Waals surface area contributed by atoms with Crippen molar-refractivity contribution in [1.82, 2.24) is 15.1 Å². The molecule has 1 aromatic rings. The molecule has 1 rings (SSSR count). The Hall–Kier alpha value is -0.830. The van der Waals surface area contributed by atoms with Gasteiger partial charge in [-0.1, -0.05) is 6.92 Å². The normalized spacial score (nSPS) is 13.2. The van der Waals surface area contributed by atoms with E-state index in [9.17, 15) is 0 Å². The largest absolute Gasteiger partial charge is 0.315 e. The lowest BCUT2D eigenvalue weighted by Crippen LogP contribution is -2.24. The van der Waals surface area contributed by atoms with E-state index < -0.39 is 0 Å². The molecule has 0 saturated carbocycles. The lowest BCUT2D eigenvalue weighted by Gasteiger charge is -2.14. The molecule has 0 radical (unpaired) electrons. The molecule has 0 bridgehead atoms. The molecule has 0 spiro atoms. The van der Waals surface area contributed by atoms with Crippen LogP contribution in [0.2, 0.25) is 0 Å². The fourth-order valence-electron chi connectivity index (χ4n) is 1.61. The first kappa shape index (κ1) is 11.2. The molecule has 14 heavy (non-hydrogen) atoms. The van der Waals surface area contributed by atoms with Crippen LogP contribution in [-0.4, -0.2) is 22.9 Å². The quantitative estimate of drug-likeness (QED) is 0.796. The molecule has 0 fully saturated rings. The maximum atomic E-state index is 4.54. The first-order chi connectivity index (χ1) is 6.57. The number of hydrogen-bond donors (Lipinski definition) is 1. The van der Waals surface area contributed by atoms with Gasteiger partial charge in [0.1, 0.15) is 0 Å². The summed E-state index contributed by atoms with van der Waals surface area (Å²) < 4.78 is 2.12. The van der Waals surface area contributed by atoms with Crippen molar-refractivity contribution in [3.8, 4) is 0 Å². The molecule has 0 aromatic carbocycles. The third-order valence-electron chi connectivity index (χ3n) is 2.79. The maximum Gasteiger partial charge on any atom is 0.0625 e. The van der Waals surface area contributed by atoms with Crippen LogP contribution in [0.1, 0.15) is 36.8 Å². The molecular weight excluding hydrogens is 174 g/mol. The number of rotatable bonds is 4. The maximum absolute atomic E-state index is 4.54. The minimum absolute atomic E-state index is 0.433. The van der Waals surface area contributed by atoms with Gasteiger partial charge in [0.15, 0.2) is 0 Å². The summed E-state index contributed by atoms with van der Waals surface area (Å²) in [5.41, 5.74) is 3.74. The van der Waals surface area contributed by atoms with Gasteiger partial charge in [-0.25, -0.2) is 0 Å². The van der Waals surface area contributed by atoms with E-state index >= 15 is 0 Å². The first-order valence-corrected chi connectivity index (χ1v) is 5.31. The fourth-order valence-corrected chi connectivity index (χ4v) is 1.61. The van der Waals surface area contributed by atoms with E-state index in [1.54, 1.807) is 0 Å². The second-order valence-electron chi connectivity index (χ2n) is 3.90. The van der Waals surface area contributed by atoms with Crippen molar-refractivity contribution in [2.45, 2.75) is 40.7 Å². The van der Waals surface area contributed by atoms with Gasteiger partial charge in [-0.15, -0.1) is 0 Å². The Morgan fingerprint density at radius 2 is 2.00 bits per heavy atom. The highest BCUT2D eigenvalue weighted by Crippen LogP contribution is 2.15. The van der Waals surface area contributed by atoms with E-state index in [-0.39, 0.29) is 0 Å². The van der Waals surface area contributed by atoms with E-state index in [1.165, 1.54) is 11.3 Å². The zero-order chi connectivity index (χ0) is 10.7. The van der Waals surface area contributed by atoms with Crippen LogP contribution in [0.25, 0.3) is 0 Å². The number of aryl methyl sites for hydroxylation is 1. The van der Waals surface area contributed by atoms with Crippen LogP contribution < -0.4 is 5.32 Å². The first-order valence-electron chi connectivity index (χ1n) is 5.31. The Morgan fingerprint density at radius 3 is 2.43 bits per heavy atom. The SMILES string of the molecule is CCNCC(C)n1nc(C)c(C)c1C. The zero-order valence-corrected chi connectivity index (χ0v) is 9.89. The van der Waals surface area contributed by atoms with Gasteiger partial charge < -0.3 is 5.32 Å². The van der Waals surface area contributed by atoms with E-state index in [2.05, 4.69) is 49.7 Å². The molecule has 1 heterocycles. The van der Waals surface area contributed by atoms with Crippen LogP contribution in [0.3, 0.4) is 0 Å². The molecule has 1 atom stereocenters. The fraction of sp³-hybridized carbons (Fsp3) is 0.727. The van der Waals surface area contributed by atoms with Gasteiger partial charge in [0.2, 0.25) is 0 Å². The highest BCUT2D eigenvalue weighted by atomic mass is 15.3. The van der Waals surface area contributed by atoms with Crippen LogP contribution in [-0.2, 0) is 0 Å². The summed E-state index contributed by atoms with van der Waals surface area (Å²) in [4.78, 5) is 0. The number of likely N-dealkylation sites (N-methyl/N-ethyl adjacent to an activating group) is 1. The summed E-state index contributed by atoms with van der Waals surface area (Å²) >= 11 is 0. The number of nitrogens with one attached hydrogen (secondary N) is 1. The Morgan fingerprint density at radius 1 is 1.36 bits per heavy atom. The Bertz CT molecular complexity index is 302. The third kappa shape index (κ3) is 2.15. The lowest BCUT2D eigenvalue weighted by molar-refractivity contribution is 0.449. The van der Waals surface area contributed by atoms with Gasteiger partial charge in [0.05, 0.1) is 11.7 Å². The number of nitrogens with zero attached hydrogens (tertiary/aromatic N) is 2. The van der Waals surface area contributed by atoms with Crippen LogP contribution in [0.15, 0.2) is 0 Å². The average Bonchev–Trinajstić information content (AvgIpc) is 2.42. The number of hydrogen-bond acceptors (Lipinski definition) is 2. The predicted molar refractivity (Wildman–Crippen MR) is 59.7 cm³/mol. The van der Waals surface area contributed by atoms with Gasteiger partial charge in [-0.05, 0) is 39.8 Å². The molecule has 80 valence electrons. The minimum Gasteiger partial charge on any atom is -0.315 e. The Kier molecular flexibility index (Phi) is 3.69. The number of aromatic nitrogens is 2. The molecule has 0 aliphatic rings. The van der Waals surface area contributed by atoms with Crippen molar-refractivity contribution in [2.75, 3.05) is 13.1 Å². The highest BCUT2D eigenvalue weighted by molar-refractivity contribution is 5.22. The van der Waals surface area contributed by atoms with Crippen LogP contribution in [0.4, 0.5) is 0 Å². The second-order valence-corrected chi connectivity index (χ2v) is 3.90. The van der Waals surface area contributed by atoms with Crippen molar-refractivity contribution in [1.29, 1.82) is 0 Å².